The molecule has 3 heterocycles. The maximum atomic E-state index is 14.0. The lowest BCUT2D eigenvalue weighted by Crippen LogP contribution is -2.11. The van der Waals surface area contributed by atoms with Crippen LogP contribution in [0.1, 0.15) is 74.2 Å². The molecule has 8 heteroatoms. The van der Waals surface area contributed by atoms with Gasteiger partial charge in [-0.15, -0.1) is 11.3 Å². The molecule has 3 aromatic rings. The number of ether oxygens (including phenoxy) is 1. The van der Waals surface area contributed by atoms with E-state index in [1.165, 1.54) is 0 Å². The molecule has 1 aliphatic rings. The Kier molecular flexibility index (Phi) is 11.3. The minimum absolute atomic E-state index is 0.0529. The van der Waals surface area contributed by atoms with E-state index in [1.807, 2.05) is 98.1 Å². The van der Waals surface area contributed by atoms with Crippen LogP contribution in [0, 0.1) is 5.92 Å². The first-order chi connectivity index (χ1) is 19.9. The highest BCUT2D eigenvalue weighted by molar-refractivity contribution is 7.12. The Morgan fingerprint density at radius 1 is 0.976 bits per heavy atom. The van der Waals surface area contributed by atoms with Crippen LogP contribution < -0.4 is 4.74 Å². The van der Waals surface area contributed by atoms with Crippen molar-refractivity contribution in [3.05, 3.63) is 93.6 Å². The molecule has 0 saturated carbocycles. The number of thiophene rings is 1. The predicted octanol–water partition coefficient (Wildman–Crippen LogP) is 7.72. The summed E-state index contributed by atoms with van der Waals surface area (Å²) in [6.07, 6.45) is 14.4. The number of carbonyl (C=O) groups excluding carboxylic acids is 2. The fourth-order valence-corrected chi connectivity index (χ4v) is 5.13. The van der Waals surface area contributed by atoms with Gasteiger partial charge in [-0.1, -0.05) is 51.0 Å². The number of aromatic nitrogens is 1. The van der Waals surface area contributed by atoms with Crippen LogP contribution in [0.25, 0.3) is 18.2 Å². The Labute approximate surface area is 246 Å². The second-order valence-electron chi connectivity index (χ2n) is 10.4. The van der Waals surface area contributed by atoms with Crippen molar-refractivity contribution in [2.45, 2.75) is 52.4 Å². The summed E-state index contributed by atoms with van der Waals surface area (Å²) < 4.78 is 21.2. The van der Waals surface area contributed by atoms with Crippen molar-refractivity contribution < 1.29 is 18.6 Å². The lowest BCUT2D eigenvalue weighted by Gasteiger charge is -2.07. The van der Waals surface area contributed by atoms with Gasteiger partial charge >= 0.3 is 7.69 Å². The number of Topliss-reactive ketones (excluding diaryl/α,β-unsaturated/α-hetero) is 2. The van der Waals surface area contributed by atoms with E-state index in [1.54, 1.807) is 15.8 Å². The average Bonchev–Trinajstić information content (AvgIpc) is 3.74. The van der Waals surface area contributed by atoms with Crippen molar-refractivity contribution in [3.8, 4) is 5.75 Å². The summed E-state index contributed by atoms with van der Waals surface area (Å²) in [5.74, 6) is 1.12. The number of nitrogens with zero attached hydrogens (tertiary/aromatic N) is 2. The number of halogens is 1. The van der Waals surface area contributed by atoms with Gasteiger partial charge in [0.2, 0.25) is 0 Å². The van der Waals surface area contributed by atoms with Crippen molar-refractivity contribution in [1.29, 1.82) is 0 Å². The number of ketones is 2. The molecular formula is C33H36BFN2O3S. The summed E-state index contributed by atoms with van der Waals surface area (Å²) in [7, 11) is -0.643. The van der Waals surface area contributed by atoms with E-state index in [0.717, 1.165) is 58.9 Å². The standard InChI is InChI=1S/C33H36BFN2O3S/c1-24(2)32(39)9-6-4-3-5-8-29(38)23-40-30-18-12-25(13-19-30)11-15-27-16-17-28(37(27)34-35)22-26-14-20-31(36-26)33-10-7-21-41-33/h7,10-22,24,34H,3-6,8-9,23H2,1-2H3/b15-11+,26-22-. The van der Waals surface area contributed by atoms with Crippen molar-refractivity contribution in [2.75, 3.05) is 6.61 Å². The molecule has 0 unspecified atom stereocenters. The van der Waals surface area contributed by atoms with Gasteiger partial charge in [-0.2, -0.15) is 0 Å². The van der Waals surface area contributed by atoms with Crippen molar-refractivity contribution in [3.63, 3.8) is 0 Å². The lowest BCUT2D eigenvalue weighted by atomic mass is 10.0. The Morgan fingerprint density at radius 3 is 2.44 bits per heavy atom. The highest BCUT2D eigenvalue weighted by atomic mass is 32.1. The smallest absolute Gasteiger partial charge is 0.448 e. The van der Waals surface area contributed by atoms with Crippen molar-refractivity contribution in [1.82, 2.24) is 4.48 Å². The molecule has 1 aliphatic heterocycles. The average molecular weight is 571 g/mol. The van der Waals surface area contributed by atoms with Gasteiger partial charge in [-0.05, 0) is 78.4 Å². The molecule has 212 valence electrons. The zero-order valence-corrected chi connectivity index (χ0v) is 24.5. The van der Waals surface area contributed by atoms with Crippen LogP contribution in [0.4, 0.5) is 4.32 Å². The van der Waals surface area contributed by atoms with Gasteiger partial charge < -0.3 is 13.5 Å². The van der Waals surface area contributed by atoms with Crippen LogP contribution in [0.3, 0.4) is 0 Å². The molecule has 4 rings (SSSR count). The van der Waals surface area contributed by atoms with Crippen molar-refractivity contribution in [2.24, 2.45) is 10.9 Å². The number of benzene rings is 1. The van der Waals surface area contributed by atoms with E-state index in [0.29, 0.717) is 24.4 Å². The third-order valence-electron chi connectivity index (χ3n) is 6.90. The maximum absolute atomic E-state index is 14.0. The number of rotatable bonds is 16. The molecule has 5 nitrogen and oxygen atoms in total. The molecule has 0 aliphatic carbocycles. The molecule has 0 N–H and O–H groups in total. The first kappa shape index (κ1) is 30.2. The monoisotopic (exact) mass is 570 g/mol. The summed E-state index contributed by atoms with van der Waals surface area (Å²) in [5, 5.41) is 2.02. The number of allylic oxidation sites excluding steroid dienone is 2. The van der Waals surface area contributed by atoms with Crippen LogP contribution in [-0.4, -0.2) is 36.1 Å². The topological polar surface area (TPSA) is 60.7 Å². The quantitative estimate of drug-likeness (QED) is 0.131. The summed E-state index contributed by atoms with van der Waals surface area (Å²) in [6.45, 7) is 3.91. The number of aliphatic imine (C=N–C) groups is 1. The molecule has 0 amide bonds. The summed E-state index contributed by atoms with van der Waals surface area (Å²) in [6, 6.07) is 15.3. The van der Waals surface area contributed by atoms with Crippen LogP contribution in [-0.2, 0) is 9.59 Å². The molecule has 0 saturated heterocycles. The molecule has 0 spiro atoms. The summed E-state index contributed by atoms with van der Waals surface area (Å²) >= 11 is 1.64. The Bertz CT molecular complexity index is 1430. The van der Waals surface area contributed by atoms with Crippen LogP contribution in [0.2, 0.25) is 0 Å². The Balaban J connectivity index is 1.23. The molecule has 0 fully saturated rings. The highest BCUT2D eigenvalue weighted by Crippen LogP contribution is 2.22. The largest absolute Gasteiger partial charge is 0.486 e. The second-order valence-corrected chi connectivity index (χ2v) is 11.3. The highest BCUT2D eigenvalue weighted by Gasteiger charge is 2.11. The molecule has 0 bridgehead atoms. The van der Waals surface area contributed by atoms with Gasteiger partial charge in [0.15, 0.2) is 5.78 Å². The lowest BCUT2D eigenvalue weighted by molar-refractivity contribution is -0.122. The minimum atomic E-state index is -0.643. The molecule has 1 aromatic carbocycles. The Morgan fingerprint density at radius 2 is 1.73 bits per heavy atom. The van der Waals surface area contributed by atoms with E-state index >= 15 is 0 Å². The minimum Gasteiger partial charge on any atom is -0.486 e. The van der Waals surface area contributed by atoms with E-state index in [2.05, 4.69) is 4.99 Å². The van der Waals surface area contributed by atoms with Gasteiger partial charge in [0, 0.05) is 30.1 Å². The number of hydrogen-bond acceptors (Lipinski definition) is 5. The zero-order chi connectivity index (χ0) is 29.0. The van der Waals surface area contributed by atoms with E-state index in [-0.39, 0.29) is 18.3 Å². The van der Waals surface area contributed by atoms with Crippen molar-refractivity contribution >= 4 is 54.5 Å². The number of unbranched alkanes of at least 4 members (excludes halogenated alkanes) is 3. The third-order valence-corrected chi connectivity index (χ3v) is 7.79. The van der Waals surface area contributed by atoms with Crippen LogP contribution in [0.15, 0.2) is 76.8 Å². The fraction of sp³-hybridized carbons (Fsp3) is 0.303. The van der Waals surface area contributed by atoms with Gasteiger partial charge in [0.25, 0.3) is 0 Å². The molecular weight excluding hydrogens is 534 g/mol. The summed E-state index contributed by atoms with van der Waals surface area (Å²) in [5.41, 5.74) is 4.15. The zero-order valence-electron chi connectivity index (χ0n) is 23.7. The van der Waals surface area contributed by atoms with Crippen LogP contribution in [0.5, 0.6) is 5.75 Å². The van der Waals surface area contributed by atoms with Gasteiger partial charge in [-0.3, -0.25) is 9.59 Å². The Hall–Kier alpha value is -3.78. The second kappa shape index (κ2) is 15.3. The van der Waals surface area contributed by atoms with E-state index in [9.17, 15) is 13.9 Å². The molecule has 2 aromatic heterocycles. The fourth-order valence-electron chi connectivity index (χ4n) is 4.44. The number of carbonyl (C=O) groups is 2. The molecule has 0 atom stereocenters. The van der Waals surface area contributed by atoms with Gasteiger partial charge in [0.1, 0.15) is 18.1 Å². The van der Waals surface area contributed by atoms with Gasteiger partial charge in [-0.25, -0.2) is 4.99 Å². The van der Waals surface area contributed by atoms with E-state index in [4.69, 9.17) is 4.74 Å². The first-order valence-corrected chi connectivity index (χ1v) is 15.0. The predicted molar refractivity (Wildman–Crippen MR) is 169 cm³/mol. The number of hydrogen-bond donors (Lipinski definition) is 0. The van der Waals surface area contributed by atoms with E-state index < -0.39 is 7.69 Å². The normalized spacial score (nSPS) is 13.9. The molecule has 41 heavy (non-hydrogen) atoms. The third kappa shape index (κ3) is 9.12. The van der Waals surface area contributed by atoms with Gasteiger partial charge in [0.05, 0.1) is 16.3 Å². The SMILES string of the molecule is CC(C)C(=O)CCCCCCC(=O)COc1ccc(/C=C/c2ccc(/C=C3/C=CC(c4cccs4)=N3)n2BF)cc1. The maximum Gasteiger partial charge on any atom is 0.448 e. The summed E-state index contributed by atoms with van der Waals surface area (Å²) in [4.78, 5) is 29.6. The first-order valence-electron chi connectivity index (χ1n) is 14.2. The molecule has 0 radical (unpaired) electrons. The van der Waals surface area contributed by atoms with Crippen LogP contribution >= 0.6 is 11.3 Å².